The van der Waals surface area contributed by atoms with Crippen molar-refractivity contribution in [3.63, 3.8) is 0 Å². The summed E-state index contributed by atoms with van der Waals surface area (Å²) in [4.78, 5) is 4.68. The molecule has 2 aromatic heterocycles. The zero-order chi connectivity index (χ0) is 52.4. The Morgan fingerprint density at radius 2 is 0.506 bits per heavy atom. The van der Waals surface area contributed by atoms with Gasteiger partial charge in [0.15, 0.2) is 0 Å². The highest BCUT2D eigenvalue weighted by molar-refractivity contribution is 6.21. The highest BCUT2D eigenvalue weighted by Gasteiger charge is 2.21. The van der Waals surface area contributed by atoms with E-state index in [9.17, 15) is 0 Å². The quantitative estimate of drug-likeness (QED) is 0.137. The molecule has 0 unspecified atom stereocenters. The van der Waals surface area contributed by atoms with Crippen molar-refractivity contribution in [2.24, 2.45) is 0 Å². The van der Waals surface area contributed by atoms with E-state index in [-0.39, 0.29) is 0 Å². The van der Waals surface area contributed by atoms with E-state index in [0.29, 0.717) is 0 Å². The molecule has 0 fully saturated rings. The molecule has 0 radical (unpaired) electrons. The molecule has 0 spiro atoms. The standard InChI is InChI=1S/C75H50N2O2/c1-49-74-68-44-58-30-40-66(76(62-32-22-54(23-33-62)50-14-6-2-7-15-50)63-34-24-55(25-35-63)51-16-8-3-9-17-51)42-60(58)46-70(68)78-72(74)48-73-75(49)69-45-59-31-41-67(43-61(59)47-71(69)79-73)77(64-36-26-56(27-37-64)52-18-10-4-11-19-52)65-38-28-57(29-39-65)53-20-12-5-13-21-53/h2-48H,1H3. The molecule has 2 heterocycles. The number of fused-ring (bicyclic) bond motifs is 8. The predicted octanol–water partition coefficient (Wildman–Crippen LogP) is 21.7. The van der Waals surface area contributed by atoms with E-state index in [0.717, 1.165) is 105 Å². The van der Waals surface area contributed by atoms with E-state index in [1.54, 1.807) is 0 Å². The van der Waals surface area contributed by atoms with Crippen molar-refractivity contribution in [3.8, 4) is 44.5 Å². The van der Waals surface area contributed by atoms with Crippen LogP contribution < -0.4 is 9.80 Å². The number of rotatable bonds is 10. The van der Waals surface area contributed by atoms with Gasteiger partial charge in [0.25, 0.3) is 0 Å². The lowest BCUT2D eigenvalue weighted by atomic mass is 9.98. The van der Waals surface area contributed by atoms with Crippen LogP contribution in [0.2, 0.25) is 0 Å². The summed E-state index contributed by atoms with van der Waals surface area (Å²) in [6, 6.07) is 102. The molecule has 15 aromatic rings. The predicted molar refractivity (Wildman–Crippen MR) is 332 cm³/mol. The number of anilines is 6. The van der Waals surface area contributed by atoms with Crippen molar-refractivity contribution in [1.29, 1.82) is 0 Å². The fraction of sp³-hybridized carbons (Fsp3) is 0.0133. The van der Waals surface area contributed by atoms with E-state index >= 15 is 0 Å². The number of hydrogen-bond donors (Lipinski definition) is 0. The molecule has 0 atom stereocenters. The molecule has 0 amide bonds. The van der Waals surface area contributed by atoms with Gasteiger partial charge in [0, 0.05) is 61.7 Å². The number of hydrogen-bond acceptors (Lipinski definition) is 4. The Balaban J connectivity index is 0.797. The Labute approximate surface area is 457 Å². The Bertz CT molecular complexity index is 4250. The molecule has 79 heavy (non-hydrogen) atoms. The topological polar surface area (TPSA) is 32.8 Å². The van der Waals surface area contributed by atoms with Gasteiger partial charge >= 0.3 is 0 Å². The first-order chi connectivity index (χ1) is 39.0. The summed E-state index contributed by atoms with van der Waals surface area (Å²) < 4.78 is 13.6. The van der Waals surface area contributed by atoms with Gasteiger partial charge in [0.1, 0.15) is 22.3 Å². The van der Waals surface area contributed by atoms with Crippen LogP contribution in [0.1, 0.15) is 5.56 Å². The van der Waals surface area contributed by atoms with Crippen LogP contribution in [-0.2, 0) is 0 Å². The summed E-state index contributed by atoms with van der Waals surface area (Å²) in [5.74, 6) is 0. The smallest absolute Gasteiger partial charge is 0.139 e. The van der Waals surface area contributed by atoms with Crippen LogP contribution in [0.4, 0.5) is 34.1 Å². The third-order valence-corrected chi connectivity index (χ3v) is 15.8. The second-order valence-electron chi connectivity index (χ2n) is 20.5. The van der Waals surface area contributed by atoms with Crippen LogP contribution in [0.5, 0.6) is 0 Å². The summed E-state index contributed by atoms with van der Waals surface area (Å²) in [7, 11) is 0. The lowest BCUT2D eigenvalue weighted by Gasteiger charge is -2.26. The normalized spacial score (nSPS) is 11.6. The maximum atomic E-state index is 6.81. The lowest BCUT2D eigenvalue weighted by molar-refractivity contribution is 0.656. The molecule has 372 valence electrons. The minimum Gasteiger partial charge on any atom is -0.456 e. The van der Waals surface area contributed by atoms with Crippen molar-refractivity contribution in [1.82, 2.24) is 0 Å². The fourth-order valence-corrected chi connectivity index (χ4v) is 11.8. The monoisotopic (exact) mass is 1010 g/mol. The molecule has 0 aliphatic heterocycles. The second kappa shape index (κ2) is 19.0. The molecule has 15 rings (SSSR count). The number of furan rings is 2. The first-order valence-corrected chi connectivity index (χ1v) is 26.9. The summed E-state index contributed by atoms with van der Waals surface area (Å²) >= 11 is 0. The molecular formula is C75H50N2O2. The van der Waals surface area contributed by atoms with Gasteiger partial charge in [-0.2, -0.15) is 0 Å². The average Bonchev–Trinajstić information content (AvgIpc) is 4.30. The summed E-state index contributed by atoms with van der Waals surface area (Å²) in [6.45, 7) is 2.21. The Kier molecular flexibility index (Phi) is 11.0. The Hall–Kier alpha value is -10.4. The second-order valence-corrected chi connectivity index (χ2v) is 20.5. The van der Waals surface area contributed by atoms with Crippen molar-refractivity contribution in [2.75, 3.05) is 9.80 Å². The van der Waals surface area contributed by atoms with Gasteiger partial charge in [-0.3, -0.25) is 0 Å². The highest BCUT2D eigenvalue weighted by atomic mass is 16.3. The van der Waals surface area contributed by atoms with Crippen molar-refractivity contribution in [2.45, 2.75) is 6.92 Å². The average molecular weight is 1010 g/mol. The summed E-state index contributed by atoms with van der Waals surface area (Å²) in [6.07, 6.45) is 0. The lowest BCUT2D eigenvalue weighted by Crippen LogP contribution is -2.09. The van der Waals surface area contributed by atoms with Gasteiger partial charge in [0.2, 0.25) is 0 Å². The first kappa shape index (κ1) is 45.9. The van der Waals surface area contributed by atoms with Crippen LogP contribution in [0.25, 0.3) is 110 Å². The van der Waals surface area contributed by atoms with Crippen molar-refractivity contribution >= 4 is 99.5 Å². The van der Waals surface area contributed by atoms with Gasteiger partial charge < -0.3 is 18.6 Å². The molecule has 4 nitrogen and oxygen atoms in total. The molecule has 4 heteroatoms. The fourth-order valence-electron chi connectivity index (χ4n) is 11.8. The molecule has 0 aliphatic carbocycles. The van der Waals surface area contributed by atoms with Crippen molar-refractivity contribution in [3.05, 3.63) is 291 Å². The maximum absolute atomic E-state index is 6.81. The molecule has 0 aliphatic rings. The Morgan fingerprint density at radius 3 is 0.810 bits per heavy atom. The zero-order valence-corrected chi connectivity index (χ0v) is 43.3. The highest BCUT2D eigenvalue weighted by Crippen LogP contribution is 2.45. The van der Waals surface area contributed by atoms with Crippen LogP contribution in [0.3, 0.4) is 0 Å². The minimum atomic E-state index is 0.812. The third-order valence-electron chi connectivity index (χ3n) is 15.8. The molecule has 0 saturated carbocycles. The molecule has 0 saturated heterocycles. The number of aryl methyl sites for hydroxylation is 1. The third kappa shape index (κ3) is 8.26. The largest absolute Gasteiger partial charge is 0.456 e. The molecular weight excluding hydrogens is 961 g/mol. The van der Waals surface area contributed by atoms with E-state index < -0.39 is 0 Å². The van der Waals surface area contributed by atoms with E-state index in [4.69, 9.17) is 8.83 Å². The van der Waals surface area contributed by atoms with E-state index in [1.165, 1.54) is 44.5 Å². The van der Waals surface area contributed by atoms with Gasteiger partial charge in [-0.15, -0.1) is 0 Å². The first-order valence-electron chi connectivity index (χ1n) is 26.9. The number of nitrogens with zero attached hydrogens (tertiary/aromatic N) is 2. The van der Waals surface area contributed by atoms with E-state index in [2.05, 4.69) is 302 Å². The zero-order valence-electron chi connectivity index (χ0n) is 43.3. The van der Waals surface area contributed by atoms with Gasteiger partial charge in [-0.1, -0.05) is 182 Å². The van der Waals surface area contributed by atoms with Crippen LogP contribution in [0.15, 0.2) is 294 Å². The van der Waals surface area contributed by atoms with Crippen molar-refractivity contribution < 1.29 is 8.83 Å². The van der Waals surface area contributed by atoms with Crippen LogP contribution >= 0.6 is 0 Å². The number of benzene rings is 13. The van der Waals surface area contributed by atoms with Gasteiger partial charge in [-0.25, -0.2) is 0 Å². The summed E-state index contributed by atoms with van der Waals surface area (Å²) in [5.41, 5.74) is 20.4. The molecule has 13 aromatic carbocycles. The molecule has 0 N–H and O–H groups in total. The minimum absolute atomic E-state index is 0.812. The van der Waals surface area contributed by atoms with E-state index in [1.807, 2.05) is 0 Å². The molecule has 0 bridgehead atoms. The summed E-state index contributed by atoms with van der Waals surface area (Å²) in [5, 5.41) is 8.88. The Morgan fingerprint density at radius 1 is 0.228 bits per heavy atom. The van der Waals surface area contributed by atoms with Gasteiger partial charge in [-0.05, 0) is 176 Å². The van der Waals surface area contributed by atoms with Gasteiger partial charge in [0.05, 0.1) is 0 Å². The SMILES string of the molecule is Cc1c2c(cc3oc4cc5cc(N(c6ccc(-c7ccccc7)cc6)c6ccc(-c7ccccc7)cc6)ccc5cc4c13)oc1cc3cc(N(c4ccc(-c5ccccc5)cc4)c4ccc(-c5ccccc5)cc4)ccc3cc12. The van der Waals surface area contributed by atoms with Crippen LogP contribution in [0, 0.1) is 6.92 Å². The maximum Gasteiger partial charge on any atom is 0.139 e. The van der Waals surface area contributed by atoms with Crippen LogP contribution in [-0.4, -0.2) is 0 Å².